The third kappa shape index (κ3) is 7.62. The first-order valence-electron chi connectivity index (χ1n) is 12.1. The van der Waals surface area contributed by atoms with Crippen molar-refractivity contribution in [3.05, 3.63) is 96.4 Å². The second kappa shape index (κ2) is 12.3. The van der Waals surface area contributed by atoms with Crippen molar-refractivity contribution in [2.75, 3.05) is 24.7 Å². The van der Waals surface area contributed by atoms with E-state index in [1.165, 1.54) is 4.90 Å². The van der Waals surface area contributed by atoms with Gasteiger partial charge in [0.1, 0.15) is 11.6 Å². The van der Waals surface area contributed by atoms with E-state index in [0.717, 1.165) is 16.7 Å². The van der Waals surface area contributed by atoms with E-state index in [9.17, 15) is 14.4 Å². The molecule has 39 heavy (non-hydrogen) atoms. The van der Waals surface area contributed by atoms with Crippen molar-refractivity contribution >= 4 is 35.1 Å². The second-order valence-corrected chi connectivity index (χ2v) is 8.91. The molecule has 0 saturated carbocycles. The number of carbonyl (C=O) groups is 3. The summed E-state index contributed by atoms with van der Waals surface area (Å²) in [6.07, 6.45) is 4.74. The van der Waals surface area contributed by atoms with E-state index in [-0.39, 0.29) is 18.2 Å². The Morgan fingerprint density at radius 1 is 0.897 bits per heavy atom. The summed E-state index contributed by atoms with van der Waals surface area (Å²) in [5.41, 5.74) is 9.57. The number of pyridine rings is 2. The van der Waals surface area contributed by atoms with Crippen molar-refractivity contribution in [1.82, 2.24) is 14.9 Å². The van der Waals surface area contributed by atoms with E-state index in [1.807, 2.05) is 30.3 Å². The first-order valence-corrected chi connectivity index (χ1v) is 12.1. The highest BCUT2D eigenvalue weighted by atomic mass is 16.5. The van der Waals surface area contributed by atoms with Gasteiger partial charge in [0.2, 0.25) is 5.91 Å². The monoisotopic (exact) mass is 524 g/mol. The summed E-state index contributed by atoms with van der Waals surface area (Å²) in [6, 6.07) is 19.8. The predicted molar refractivity (Wildman–Crippen MR) is 149 cm³/mol. The molecule has 198 valence electrons. The summed E-state index contributed by atoms with van der Waals surface area (Å²) < 4.78 is 4.87. The Kier molecular flexibility index (Phi) is 8.47. The van der Waals surface area contributed by atoms with Crippen LogP contribution in [0.25, 0.3) is 11.1 Å². The fourth-order valence-electron chi connectivity index (χ4n) is 3.79. The maximum atomic E-state index is 12.5. The van der Waals surface area contributed by atoms with Crippen LogP contribution in [0.5, 0.6) is 5.75 Å². The Morgan fingerprint density at radius 3 is 2.33 bits per heavy atom. The molecule has 0 spiro atoms. The van der Waals surface area contributed by atoms with Crippen molar-refractivity contribution in [3.8, 4) is 16.9 Å². The van der Waals surface area contributed by atoms with E-state index >= 15 is 0 Å². The number of carbonyl (C=O) groups excluding carboxylic acids is 3. The Morgan fingerprint density at radius 2 is 1.64 bits per heavy atom. The number of hydrogen-bond acceptors (Lipinski definition) is 7. The molecule has 2 heterocycles. The lowest BCUT2D eigenvalue weighted by Gasteiger charge is -2.11. The van der Waals surface area contributed by atoms with Crippen molar-refractivity contribution < 1.29 is 19.1 Å². The summed E-state index contributed by atoms with van der Waals surface area (Å²) in [4.78, 5) is 45.7. The number of nitrogens with zero attached hydrogens (tertiary/aromatic N) is 3. The number of benzene rings is 2. The molecule has 0 aliphatic heterocycles. The van der Waals surface area contributed by atoms with Gasteiger partial charge in [-0.05, 0) is 60.0 Å². The molecule has 0 saturated heterocycles. The number of anilines is 3. The molecule has 0 fully saturated rings. The second-order valence-electron chi connectivity index (χ2n) is 8.91. The van der Waals surface area contributed by atoms with Crippen molar-refractivity contribution in [3.63, 3.8) is 0 Å². The van der Waals surface area contributed by atoms with Crippen molar-refractivity contribution in [1.29, 1.82) is 0 Å². The topological polar surface area (TPSA) is 140 Å². The van der Waals surface area contributed by atoms with Gasteiger partial charge in [-0.25, -0.2) is 9.78 Å². The van der Waals surface area contributed by atoms with Gasteiger partial charge < -0.3 is 26.0 Å². The lowest BCUT2D eigenvalue weighted by Crippen LogP contribution is -2.21. The van der Waals surface area contributed by atoms with Crippen LogP contribution in [0.4, 0.5) is 22.0 Å². The van der Waals surface area contributed by atoms with Gasteiger partial charge in [0.25, 0.3) is 5.91 Å². The van der Waals surface area contributed by atoms with Gasteiger partial charge in [0.05, 0.1) is 23.8 Å². The molecule has 0 unspecified atom stereocenters. The summed E-state index contributed by atoms with van der Waals surface area (Å²) in [5.74, 6) is 0.713. The number of amides is 3. The molecule has 10 nitrogen and oxygen atoms in total. The van der Waals surface area contributed by atoms with E-state index in [0.29, 0.717) is 34.9 Å². The quantitative estimate of drug-likeness (QED) is 0.290. The average Bonchev–Trinajstić information content (AvgIpc) is 2.92. The average molecular weight is 525 g/mol. The zero-order chi connectivity index (χ0) is 27.8. The number of nitrogens with one attached hydrogen (secondary N) is 2. The van der Waals surface area contributed by atoms with Crippen LogP contribution in [-0.4, -0.2) is 46.9 Å². The molecular weight excluding hydrogens is 496 g/mol. The molecule has 4 N–H and O–H groups in total. The summed E-state index contributed by atoms with van der Waals surface area (Å²) >= 11 is 0. The van der Waals surface area contributed by atoms with Crippen LogP contribution < -0.4 is 21.1 Å². The molecule has 2 aromatic carbocycles. The fraction of sp³-hybridized carbons (Fsp3) is 0.138. The first kappa shape index (κ1) is 26.8. The Balaban J connectivity index is 1.32. The van der Waals surface area contributed by atoms with Crippen molar-refractivity contribution in [2.24, 2.45) is 5.73 Å². The normalized spacial score (nSPS) is 10.4. The standard InChI is InChI=1S/C29H28N6O4/c1-35(2)28(37)21-9-7-20(8-10-21)22-11-12-26(32-16-22)33-23-15-24(18-31-17-23)34-27(36)13-6-19-4-3-5-25(14-19)39-29(30)38/h3-5,7-12,14-18H,6,13H2,1-2H3,(H2,30,38)(H,32,33)(H,34,36). The van der Waals surface area contributed by atoms with E-state index in [1.54, 1.807) is 69.1 Å². The van der Waals surface area contributed by atoms with Crippen LogP contribution in [0, 0.1) is 0 Å². The molecule has 0 aliphatic carbocycles. The molecular formula is C29H28N6O4. The van der Waals surface area contributed by atoms with Crippen LogP contribution >= 0.6 is 0 Å². The van der Waals surface area contributed by atoms with Crippen LogP contribution in [0.2, 0.25) is 0 Å². The highest BCUT2D eigenvalue weighted by Crippen LogP contribution is 2.23. The summed E-state index contributed by atoms with van der Waals surface area (Å²) in [7, 11) is 3.44. The number of nitrogens with two attached hydrogens (primary N) is 1. The number of hydrogen-bond donors (Lipinski definition) is 3. The third-order valence-corrected chi connectivity index (χ3v) is 5.69. The van der Waals surface area contributed by atoms with E-state index < -0.39 is 6.09 Å². The highest BCUT2D eigenvalue weighted by Gasteiger charge is 2.09. The largest absolute Gasteiger partial charge is 0.410 e. The lowest BCUT2D eigenvalue weighted by molar-refractivity contribution is -0.116. The number of rotatable bonds is 9. The zero-order valence-electron chi connectivity index (χ0n) is 21.5. The molecule has 0 aliphatic rings. The van der Waals surface area contributed by atoms with Gasteiger partial charge in [-0.15, -0.1) is 0 Å². The number of aromatic nitrogens is 2. The van der Waals surface area contributed by atoms with Gasteiger partial charge in [0.15, 0.2) is 0 Å². The molecule has 0 radical (unpaired) electrons. The predicted octanol–water partition coefficient (Wildman–Crippen LogP) is 4.62. The van der Waals surface area contributed by atoms with Crippen LogP contribution in [0.15, 0.2) is 85.3 Å². The zero-order valence-corrected chi connectivity index (χ0v) is 21.5. The van der Waals surface area contributed by atoms with Gasteiger partial charge in [0, 0.05) is 37.8 Å². The SMILES string of the molecule is CN(C)C(=O)c1ccc(-c2ccc(Nc3cncc(NC(=O)CCc4cccc(OC(N)=O)c4)c3)nc2)cc1. The van der Waals surface area contributed by atoms with Gasteiger partial charge in [-0.3, -0.25) is 14.6 Å². The molecule has 4 rings (SSSR count). The Bertz CT molecular complexity index is 1470. The van der Waals surface area contributed by atoms with Gasteiger partial charge >= 0.3 is 6.09 Å². The van der Waals surface area contributed by atoms with E-state index in [4.69, 9.17) is 10.5 Å². The fourth-order valence-corrected chi connectivity index (χ4v) is 3.79. The van der Waals surface area contributed by atoms with Crippen LogP contribution in [0.1, 0.15) is 22.3 Å². The molecule has 3 amide bonds. The molecule has 2 aromatic heterocycles. The Hall–Kier alpha value is -5.25. The maximum absolute atomic E-state index is 12.5. The molecule has 4 aromatic rings. The summed E-state index contributed by atoms with van der Waals surface area (Å²) in [6.45, 7) is 0. The first-order chi connectivity index (χ1) is 18.8. The minimum Gasteiger partial charge on any atom is -0.410 e. The van der Waals surface area contributed by atoms with Gasteiger partial charge in [-0.1, -0.05) is 24.3 Å². The van der Waals surface area contributed by atoms with Crippen LogP contribution in [0.3, 0.4) is 0 Å². The maximum Gasteiger partial charge on any atom is 0.409 e. The van der Waals surface area contributed by atoms with Crippen LogP contribution in [-0.2, 0) is 11.2 Å². The van der Waals surface area contributed by atoms with E-state index in [2.05, 4.69) is 20.6 Å². The smallest absolute Gasteiger partial charge is 0.409 e. The third-order valence-electron chi connectivity index (χ3n) is 5.69. The molecule has 0 atom stereocenters. The summed E-state index contributed by atoms with van der Waals surface area (Å²) in [5, 5.41) is 6.03. The van der Waals surface area contributed by atoms with Crippen molar-refractivity contribution in [2.45, 2.75) is 12.8 Å². The number of primary amides is 1. The minimum atomic E-state index is -0.888. The minimum absolute atomic E-state index is 0.0480. The number of aryl methyl sites for hydroxylation is 1. The van der Waals surface area contributed by atoms with Gasteiger partial charge in [-0.2, -0.15) is 0 Å². The lowest BCUT2D eigenvalue weighted by atomic mass is 10.1. The molecule has 0 bridgehead atoms. The molecule has 10 heteroatoms. The Labute approximate surface area is 225 Å². The highest BCUT2D eigenvalue weighted by molar-refractivity contribution is 5.94. The number of ether oxygens (including phenoxy) is 1.